The average Bonchev–Trinajstić information content (AvgIpc) is 2.50. The summed E-state index contributed by atoms with van der Waals surface area (Å²) in [5, 5.41) is 0.530. The van der Waals surface area contributed by atoms with Gasteiger partial charge in [-0.3, -0.25) is 9.78 Å². The van der Waals surface area contributed by atoms with Gasteiger partial charge in [-0.25, -0.2) is 0 Å². The molecule has 0 aliphatic carbocycles. The summed E-state index contributed by atoms with van der Waals surface area (Å²) in [5.74, 6) is 0.574. The highest BCUT2D eigenvalue weighted by Gasteiger charge is 2.22. The highest BCUT2D eigenvalue weighted by molar-refractivity contribution is 6.31. The molecule has 1 amide bonds. The van der Waals surface area contributed by atoms with E-state index in [2.05, 4.69) is 4.98 Å². The molecule has 1 aromatic heterocycles. The first kappa shape index (κ1) is 16.3. The van der Waals surface area contributed by atoms with Crippen LogP contribution in [0.5, 0.6) is 5.75 Å². The smallest absolute Gasteiger partial charge is 0.231 e. The first-order valence-electron chi connectivity index (χ1n) is 7.08. The van der Waals surface area contributed by atoms with Gasteiger partial charge in [0.1, 0.15) is 5.75 Å². The number of aromatic nitrogens is 1. The van der Waals surface area contributed by atoms with E-state index < -0.39 is 0 Å². The number of pyridine rings is 1. The number of methoxy groups -OCH3 is 1. The molecule has 116 valence electrons. The molecule has 0 fully saturated rings. The number of carbonyl (C=O) groups excluding carboxylic acids is 1. The van der Waals surface area contributed by atoms with E-state index in [0.29, 0.717) is 16.3 Å². The minimum atomic E-state index is -0.0469. The maximum Gasteiger partial charge on any atom is 0.231 e. The van der Waals surface area contributed by atoms with Crippen molar-refractivity contribution in [2.45, 2.75) is 26.3 Å². The van der Waals surface area contributed by atoms with Gasteiger partial charge in [0.25, 0.3) is 0 Å². The molecule has 0 saturated heterocycles. The molecule has 2 rings (SSSR count). The fourth-order valence-electron chi connectivity index (χ4n) is 2.36. The van der Waals surface area contributed by atoms with Crippen molar-refractivity contribution in [3.05, 3.63) is 53.3 Å². The van der Waals surface area contributed by atoms with Crippen molar-refractivity contribution in [1.29, 1.82) is 0 Å². The highest BCUT2D eigenvalue weighted by atomic mass is 35.5. The van der Waals surface area contributed by atoms with Crippen LogP contribution in [0.15, 0.2) is 42.7 Å². The second-order valence-electron chi connectivity index (χ2n) is 5.17. The van der Waals surface area contributed by atoms with E-state index in [1.54, 1.807) is 42.6 Å². The number of hydrogen-bond donors (Lipinski definition) is 0. The third-order valence-corrected chi connectivity index (χ3v) is 3.69. The molecule has 0 aliphatic heterocycles. The molecule has 1 aromatic carbocycles. The second kappa shape index (κ2) is 7.27. The van der Waals surface area contributed by atoms with Gasteiger partial charge in [0.15, 0.2) is 0 Å². The van der Waals surface area contributed by atoms with Gasteiger partial charge in [0.2, 0.25) is 5.91 Å². The quantitative estimate of drug-likeness (QED) is 0.843. The van der Waals surface area contributed by atoms with Crippen LogP contribution in [0.2, 0.25) is 5.02 Å². The van der Waals surface area contributed by atoms with Crippen LogP contribution in [0, 0.1) is 0 Å². The Morgan fingerprint density at radius 3 is 2.68 bits per heavy atom. The summed E-state index contributed by atoms with van der Waals surface area (Å²) in [6.45, 7) is 3.93. The zero-order valence-electron chi connectivity index (χ0n) is 12.9. The lowest BCUT2D eigenvalue weighted by atomic mass is 10.1. The Labute approximate surface area is 135 Å². The van der Waals surface area contributed by atoms with Gasteiger partial charge in [0, 0.05) is 22.8 Å². The maximum atomic E-state index is 12.8. The van der Waals surface area contributed by atoms with Crippen molar-refractivity contribution in [3.8, 4) is 5.75 Å². The largest absolute Gasteiger partial charge is 0.496 e. The van der Waals surface area contributed by atoms with Crippen LogP contribution in [0.4, 0.5) is 5.69 Å². The van der Waals surface area contributed by atoms with E-state index in [4.69, 9.17) is 16.3 Å². The Balaban J connectivity index is 2.31. The van der Waals surface area contributed by atoms with E-state index in [-0.39, 0.29) is 18.4 Å². The first-order valence-corrected chi connectivity index (χ1v) is 7.46. The zero-order valence-corrected chi connectivity index (χ0v) is 13.7. The van der Waals surface area contributed by atoms with Gasteiger partial charge in [0.05, 0.1) is 25.4 Å². The van der Waals surface area contributed by atoms with Crippen molar-refractivity contribution < 1.29 is 9.53 Å². The summed E-state index contributed by atoms with van der Waals surface area (Å²) in [7, 11) is 1.57. The molecule has 0 atom stereocenters. The van der Waals surface area contributed by atoms with Gasteiger partial charge < -0.3 is 9.64 Å². The fraction of sp³-hybridized carbons (Fsp3) is 0.294. The Morgan fingerprint density at radius 2 is 2.09 bits per heavy atom. The average molecular weight is 319 g/mol. The van der Waals surface area contributed by atoms with Crippen LogP contribution in [0.3, 0.4) is 0 Å². The number of ether oxygens (including phenoxy) is 1. The normalized spacial score (nSPS) is 10.6. The Hall–Kier alpha value is -2.07. The zero-order chi connectivity index (χ0) is 16.1. The van der Waals surface area contributed by atoms with Crippen molar-refractivity contribution in [1.82, 2.24) is 4.98 Å². The number of amides is 1. The van der Waals surface area contributed by atoms with Crippen LogP contribution in [0.1, 0.15) is 19.4 Å². The number of carbonyl (C=O) groups is 1. The SMILES string of the molecule is COc1cccc(Cl)c1CC(=O)N(c1cccnc1)C(C)C. The molecule has 4 nitrogen and oxygen atoms in total. The lowest BCUT2D eigenvalue weighted by molar-refractivity contribution is -0.118. The molecule has 22 heavy (non-hydrogen) atoms. The summed E-state index contributed by atoms with van der Waals surface area (Å²) < 4.78 is 5.31. The van der Waals surface area contributed by atoms with Crippen molar-refractivity contribution in [3.63, 3.8) is 0 Å². The van der Waals surface area contributed by atoms with Gasteiger partial charge >= 0.3 is 0 Å². The molecule has 0 bridgehead atoms. The number of benzene rings is 1. The molecule has 0 aliphatic rings. The van der Waals surface area contributed by atoms with Gasteiger partial charge in [-0.05, 0) is 38.1 Å². The van der Waals surface area contributed by atoms with Gasteiger partial charge in [-0.15, -0.1) is 0 Å². The maximum absolute atomic E-state index is 12.8. The number of nitrogens with zero attached hydrogens (tertiary/aromatic N) is 2. The minimum Gasteiger partial charge on any atom is -0.496 e. The van der Waals surface area contributed by atoms with Crippen molar-refractivity contribution in [2.24, 2.45) is 0 Å². The summed E-state index contributed by atoms with van der Waals surface area (Å²) >= 11 is 6.22. The summed E-state index contributed by atoms with van der Waals surface area (Å²) in [6, 6.07) is 9.07. The Kier molecular flexibility index (Phi) is 5.39. The number of rotatable bonds is 5. The molecule has 5 heteroatoms. The third kappa shape index (κ3) is 3.57. The summed E-state index contributed by atoms with van der Waals surface area (Å²) in [5.41, 5.74) is 1.47. The Morgan fingerprint density at radius 1 is 1.32 bits per heavy atom. The monoisotopic (exact) mass is 318 g/mol. The number of hydrogen-bond acceptors (Lipinski definition) is 3. The fourth-order valence-corrected chi connectivity index (χ4v) is 2.60. The molecular weight excluding hydrogens is 300 g/mol. The van der Waals surface area contributed by atoms with Crippen molar-refractivity contribution in [2.75, 3.05) is 12.0 Å². The van der Waals surface area contributed by atoms with Crippen molar-refractivity contribution >= 4 is 23.2 Å². The molecule has 0 saturated carbocycles. The molecule has 0 spiro atoms. The predicted molar refractivity (Wildman–Crippen MR) is 88.6 cm³/mol. The van der Waals surface area contributed by atoms with Crippen LogP contribution in [0.25, 0.3) is 0 Å². The van der Waals surface area contributed by atoms with Gasteiger partial charge in [-0.2, -0.15) is 0 Å². The second-order valence-corrected chi connectivity index (χ2v) is 5.57. The molecule has 2 aromatic rings. The van der Waals surface area contributed by atoms with E-state index >= 15 is 0 Å². The summed E-state index contributed by atoms with van der Waals surface area (Å²) in [4.78, 5) is 18.6. The standard InChI is InChI=1S/C17H19ClN2O2/c1-12(2)20(13-6-5-9-19-11-13)17(21)10-14-15(18)7-4-8-16(14)22-3/h4-9,11-12H,10H2,1-3H3. The van der Waals surface area contributed by atoms with E-state index in [1.807, 2.05) is 26.0 Å². The van der Waals surface area contributed by atoms with Crippen LogP contribution >= 0.6 is 11.6 Å². The third-order valence-electron chi connectivity index (χ3n) is 3.33. The minimum absolute atomic E-state index is 0.0187. The highest BCUT2D eigenvalue weighted by Crippen LogP contribution is 2.28. The molecule has 0 N–H and O–H groups in total. The lowest BCUT2D eigenvalue weighted by Gasteiger charge is -2.27. The predicted octanol–water partition coefficient (Wildman–Crippen LogP) is 3.73. The Bertz CT molecular complexity index is 644. The first-order chi connectivity index (χ1) is 10.5. The molecule has 0 unspecified atom stereocenters. The van der Waals surface area contributed by atoms with Crippen LogP contribution in [-0.2, 0) is 11.2 Å². The summed E-state index contributed by atoms with van der Waals surface area (Å²) in [6.07, 6.45) is 3.54. The lowest BCUT2D eigenvalue weighted by Crippen LogP contribution is -2.38. The van der Waals surface area contributed by atoms with Gasteiger partial charge in [-0.1, -0.05) is 17.7 Å². The molecule has 1 heterocycles. The van der Waals surface area contributed by atoms with E-state index in [0.717, 1.165) is 5.69 Å². The molecule has 0 radical (unpaired) electrons. The molecular formula is C17H19ClN2O2. The topological polar surface area (TPSA) is 42.4 Å². The van der Waals surface area contributed by atoms with Crippen LogP contribution in [-0.4, -0.2) is 24.0 Å². The number of anilines is 1. The van der Waals surface area contributed by atoms with E-state index in [9.17, 15) is 4.79 Å². The number of halogens is 1. The van der Waals surface area contributed by atoms with E-state index in [1.165, 1.54) is 0 Å². The van der Waals surface area contributed by atoms with Crippen LogP contribution < -0.4 is 9.64 Å².